The summed E-state index contributed by atoms with van der Waals surface area (Å²) in [7, 11) is 0. The Kier molecular flexibility index (Phi) is 5.40. The van der Waals surface area contributed by atoms with Gasteiger partial charge in [-0.1, -0.05) is 24.3 Å². The SMILES string of the molecule is Cc1ccc(NC(=O)Cn2c(=O)cc(C(=O)N3CCCC3)c3ccccc32)cc1C. The fraction of sp³-hybridized carbons (Fsp3) is 0.292. The number of nitrogens with zero attached hydrogens (tertiary/aromatic N) is 2. The van der Waals surface area contributed by atoms with E-state index in [4.69, 9.17) is 0 Å². The van der Waals surface area contributed by atoms with Crippen LogP contribution in [0.3, 0.4) is 0 Å². The summed E-state index contributed by atoms with van der Waals surface area (Å²) >= 11 is 0. The molecule has 1 aliphatic rings. The van der Waals surface area contributed by atoms with Gasteiger partial charge in [-0.25, -0.2) is 0 Å². The second kappa shape index (κ2) is 8.14. The van der Waals surface area contributed by atoms with E-state index in [1.54, 1.807) is 11.0 Å². The van der Waals surface area contributed by atoms with Crippen LogP contribution < -0.4 is 10.9 Å². The van der Waals surface area contributed by atoms with E-state index >= 15 is 0 Å². The maximum absolute atomic E-state index is 12.9. The number of carbonyl (C=O) groups excluding carboxylic acids is 2. The highest BCUT2D eigenvalue weighted by molar-refractivity contribution is 6.06. The molecule has 1 N–H and O–H groups in total. The molecule has 2 heterocycles. The van der Waals surface area contributed by atoms with Gasteiger partial charge in [0.25, 0.3) is 11.5 Å². The molecule has 2 amide bonds. The average molecular weight is 403 g/mol. The minimum Gasteiger partial charge on any atom is -0.339 e. The lowest BCUT2D eigenvalue weighted by molar-refractivity contribution is -0.116. The lowest BCUT2D eigenvalue weighted by Crippen LogP contribution is -2.32. The van der Waals surface area contributed by atoms with Gasteiger partial charge in [0.1, 0.15) is 6.54 Å². The fourth-order valence-electron chi connectivity index (χ4n) is 3.93. The standard InChI is InChI=1S/C24H25N3O3/c1-16-9-10-18(13-17(16)2)25-22(28)15-27-21-8-4-3-7-19(21)20(14-23(27)29)24(30)26-11-5-6-12-26/h3-4,7-10,13-14H,5-6,11-12,15H2,1-2H3,(H,25,28). The van der Waals surface area contributed by atoms with E-state index in [1.807, 2.05) is 50.2 Å². The first-order valence-electron chi connectivity index (χ1n) is 10.2. The van der Waals surface area contributed by atoms with Crippen molar-refractivity contribution in [3.05, 3.63) is 75.6 Å². The van der Waals surface area contributed by atoms with Gasteiger partial charge in [0, 0.05) is 30.2 Å². The van der Waals surface area contributed by atoms with Gasteiger partial charge in [0.05, 0.1) is 11.1 Å². The number of aromatic nitrogens is 1. The molecular formula is C24H25N3O3. The number of amides is 2. The molecule has 0 bridgehead atoms. The Morgan fingerprint density at radius 3 is 2.43 bits per heavy atom. The number of anilines is 1. The van der Waals surface area contributed by atoms with E-state index < -0.39 is 0 Å². The zero-order valence-corrected chi connectivity index (χ0v) is 17.3. The molecule has 154 valence electrons. The zero-order chi connectivity index (χ0) is 21.3. The van der Waals surface area contributed by atoms with Crippen LogP contribution in [-0.4, -0.2) is 34.4 Å². The predicted octanol–water partition coefficient (Wildman–Crippen LogP) is 3.49. The average Bonchev–Trinajstić information content (AvgIpc) is 3.27. The number of carbonyl (C=O) groups is 2. The van der Waals surface area contributed by atoms with Gasteiger partial charge in [0.15, 0.2) is 0 Å². The fourth-order valence-corrected chi connectivity index (χ4v) is 3.93. The molecule has 1 aliphatic heterocycles. The molecule has 6 nitrogen and oxygen atoms in total. The first kappa shape index (κ1) is 19.9. The Hall–Kier alpha value is -3.41. The summed E-state index contributed by atoms with van der Waals surface area (Å²) in [4.78, 5) is 40.3. The molecule has 4 rings (SSSR count). The maximum atomic E-state index is 12.9. The monoisotopic (exact) mass is 403 g/mol. The second-order valence-electron chi connectivity index (χ2n) is 7.85. The molecule has 1 saturated heterocycles. The van der Waals surface area contributed by atoms with Crippen LogP contribution in [0.25, 0.3) is 10.9 Å². The van der Waals surface area contributed by atoms with Crippen molar-refractivity contribution in [2.45, 2.75) is 33.2 Å². The Labute approximate surface area is 175 Å². The minimum absolute atomic E-state index is 0.118. The van der Waals surface area contributed by atoms with Crippen LogP contribution >= 0.6 is 0 Å². The van der Waals surface area contributed by atoms with Gasteiger partial charge in [-0.05, 0) is 56.0 Å². The van der Waals surface area contributed by atoms with Gasteiger partial charge in [-0.2, -0.15) is 0 Å². The number of hydrogen-bond acceptors (Lipinski definition) is 3. The molecule has 2 aromatic carbocycles. The molecule has 30 heavy (non-hydrogen) atoms. The molecule has 1 fully saturated rings. The Balaban J connectivity index is 1.66. The molecule has 0 aliphatic carbocycles. The highest BCUT2D eigenvalue weighted by Crippen LogP contribution is 2.21. The van der Waals surface area contributed by atoms with Crippen molar-refractivity contribution in [1.82, 2.24) is 9.47 Å². The quantitative estimate of drug-likeness (QED) is 0.725. The topological polar surface area (TPSA) is 71.4 Å². The number of rotatable bonds is 4. The number of fused-ring (bicyclic) bond motifs is 1. The summed E-state index contributed by atoms with van der Waals surface area (Å²) in [5.74, 6) is -0.406. The molecule has 1 aromatic heterocycles. The molecule has 6 heteroatoms. The predicted molar refractivity (Wildman–Crippen MR) is 118 cm³/mol. The third-order valence-electron chi connectivity index (χ3n) is 5.73. The van der Waals surface area contributed by atoms with Crippen molar-refractivity contribution in [2.75, 3.05) is 18.4 Å². The molecule has 0 atom stereocenters. The number of nitrogens with one attached hydrogen (secondary N) is 1. The third-order valence-corrected chi connectivity index (χ3v) is 5.73. The maximum Gasteiger partial charge on any atom is 0.254 e. The molecule has 0 spiro atoms. The lowest BCUT2D eigenvalue weighted by Gasteiger charge is -2.18. The number of pyridine rings is 1. The van der Waals surface area contributed by atoms with E-state index in [0.717, 1.165) is 24.0 Å². The van der Waals surface area contributed by atoms with Gasteiger partial charge in [-0.3, -0.25) is 19.0 Å². The van der Waals surface area contributed by atoms with Crippen LogP contribution in [0.5, 0.6) is 0 Å². The van der Waals surface area contributed by atoms with E-state index in [0.29, 0.717) is 35.2 Å². The summed E-state index contributed by atoms with van der Waals surface area (Å²) < 4.78 is 1.42. The number of benzene rings is 2. The smallest absolute Gasteiger partial charge is 0.254 e. The van der Waals surface area contributed by atoms with Gasteiger partial charge < -0.3 is 10.2 Å². The first-order valence-corrected chi connectivity index (χ1v) is 10.2. The van der Waals surface area contributed by atoms with Crippen molar-refractivity contribution in [1.29, 1.82) is 0 Å². The number of hydrogen-bond donors (Lipinski definition) is 1. The molecule has 0 saturated carbocycles. The second-order valence-corrected chi connectivity index (χ2v) is 7.85. The molecular weight excluding hydrogens is 378 g/mol. The highest BCUT2D eigenvalue weighted by Gasteiger charge is 2.23. The van der Waals surface area contributed by atoms with E-state index in [2.05, 4.69) is 5.32 Å². The summed E-state index contributed by atoms with van der Waals surface area (Å²) in [6.45, 7) is 5.31. The van der Waals surface area contributed by atoms with E-state index in [9.17, 15) is 14.4 Å². The van der Waals surface area contributed by atoms with Gasteiger partial charge in [-0.15, -0.1) is 0 Å². The van der Waals surface area contributed by atoms with Crippen molar-refractivity contribution in [3.63, 3.8) is 0 Å². The van der Waals surface area contributed by atoms with Crippen molar-refractivity contribution in [3.8, 4) is 0 Å². The van der Waals surface area contributed by atoms with Crippen molar-refractivity contribution in [2.24, 2.45) is 0 Å². The number of aryl methyl sites for hydroxylation is 2. The van der Waals surface area contributed by atoms with E-state index in [1.165, 1.54) is 10.6 Å². The van der Waals surface area contributed by atoms with Gasteiger partial charge in [0.2, 0.25) is 5.91 Å². The zero-order valence-electron chi connectivity index (χ0n) is 17.3. The molecule has 0 unspecified atom stereocenters. The summed E-state index contributed by atoms with van der Waals surface area (Å²) in [6, 6.07) is 14.3. The number of likely N-dealkylation sites (tertiary alicyclic amines) is 1. The highest BCUT2D eigenvalue weighted by atomic mass is 16.2. The van der Waals surface area contributed by atoms with Gasteiger partial charge >= 0.3 is 0 Å². The number of para-hydroxylation sites is 1. The largest absolute Gasteiger partial charge is 0.339 e. The summed E-state index contributed by atoms with van der Waals surface area (Å²) in [5, 5.41) is 3.55. The van der Waals surface area contributed by atoms with Crippen LogP contribution in [0.2, 0.25) is 0 Å². The molecule has 3 aromatic rings. The van der Waals surface area contributed by atoms with Crippen LogP contribution in [-0.2, 0) is 11.3 Å². The van der Waals surface area contributed by atoms with Crippen LogP contribution in [0, 0.1) is 13.8 Å². The lowest BCUT2D eigenvalue weighted by atomic mass is 10.1. The first-order chi connectivity index (χ1) is 14.4. The van der Waals surface area contributed by atoms with Crippen LogP contribution in [0.15, 0.2) is 53.3 Å². The Morgan fingerprint density at radius 1 is 0.967 bits per heavy atom. The Bertz CT molecular complexity index is 1190. The van der Waals surface area contributed by atoms with Crippen LogP contribution in [0.4, 0.5) is 5.69 Å². The normalized spacial score (nSPS) is 13.6. The molecule has 0 radical (unpaired) electrons. The summed E-state index contributed by atoms with van der Waals surface area (Å²) in [5.41, 5.74) is 3.56. The summed E-state index contributed by atoms with van der Waals surface area (Å²) in [6.07, 6.45) is 1.97. The van der Waals surface area contributed by atoms with Crippen LogP contribution in [0.1, 0.15) is 34.3 Å². The minimum atomic E-state index is -0.355. The van der Waals surface area contributed by atoms with E-state index in [-0.39, 0.29) is 23.9 Å². The van der Waals surface area contributed by atoms with Crippen molar-refractivity contribution >= 4 is 28.4 Å². The third kappa shape index (κ3) is 3.85. The van der Waals surface area contributed by atoms with Crippen molar-refractivity contribution < 1.29 is 9.59 Å². The Morgan fingerprint density at radius 2 is 1.70 bits per heavy atom.